The Kier molecular flexibility index (Phi) is 3.88. The van der Waals surface area contributed by atoms with Gasteiger partial charge in [-0.05, 0) is 23.9 Å². The van der Waals surface area contributed by atoms with Crippen molar-refractivity contribution in [3.63, 3.8) is 0 Å². The summed E-state index contributed by atoms with van der Waals surface area (Å²) in [6, 6.07) is 6.38. The number of thiophene rings is 1. The van der Waals surface area contributed by atoms with Crippen LogP contribution >= 0.6 is 11.3 Å². The molecule has 16 heavy (non-hydrogen) atoms. The van der Waals surface area contributed by atoms with E-state index in [0.29, 0.717) is 12.0 Å². The van der Waals surface area contributed by atoms with Gasteiger partial charge in [-0.2, -0.15) is 0 Å². The van der Waals surface area contributed by atoms with Crippen molar-refractivity contribution in [2.75, 3.05) is 5.32 Å². The van der Waals surface area contributed by atoms with Crippen molar-refractivity contribution in [2.24, 2.45) is 0 Å². The van der Waals surface area contributed by atoms with Crippen LogP contribution in [0, 0.1) is 0 Å². The maximum atomic E-state index is 4.19. The number of nitrogens with one attached hydrogen (secondary N) is 1. The molecule has 0 bridgehead atoms. The Morgan fingerprint density at radius 1 is 1.31 bits per heavy atom. The fourth-order valence-electron chi connectivity index (χ4n) is 1.59. The van der Waals surface area contributed by atoms with E-state index in [1.165, 1.54) is 4.88 Å². The van der Waals surface area contributed by atoms with Gasteiger partial charge in [0.25, 0.3) is 0 Å². The molecule has 0 aliphatic rings. The van der Waals surface area contributed by atoms with E-state index >= 15 is 0 Å². The Balaban J connectivity index is 2.09. The Bertz CT molecular complexity index is 399. The quantitative estimate of drug-likeness (QED) is 0.859. The molecule has 0 saturated carbocycles. The summed E-state index contributed by atoms with van der Waals surface area (Å²) >= 11 is 1.77. The van der Waals surface area contributed by atoms with Gasteiger partial charge >= 0.3 is 0 Å². The Morgan fingerprint density at radius 2 is 2.12 bits per heavy atom. The molecule has 0 aliphatic heterocycles. The molecule has 2 rings (SSSR count). The highest BCUT2D eigenvalue weighted by atomic mass is 32.1. The highest BCUT2D eigenvalue weighted by Crippen LogP contribution is 2.25. The molecular formula is C12H15N3S. The van der Waals surface area contributed by atoms with Crippen LogP contribution in [0.5, 0.6) is 0 Å². The van der Waals surface area contributed by atoms with E-state index in [4.69, 9.17) is 0 Å². The smallest absolute Gasteiger partial charge is 0.223 e. The molecule has 0 saturated heterocycles. The zero-order valence-electron chi connectivity index (χ0n) is 9.26. The highest BCUT2D eigenvalue weighted by molar-refractivity contribution is 7.10. The van der Waals surface area contributed by atoms with Gasteiger partial charge in [0.15, 0.2) is 0 Å². The minimum Gasteiger partial charge on any atom is -0.347 e. The molecule has 4 heteroatoms. The number of aromatic nitrogens is 2. The summed E-state index contributed by atoms with van der Waals surface area (Å²) in [5.74, 6) is 0.703. The monoisotopic (exact) mass is 233 g/mol. The van der Waals surface area contributed by atoms with Crippen LogP contribution in [0.1, 0.15) is 30.7 Å². The van der Waals surface area contributed by atoms with E-state index in [-0.39, 0.29) is 0 Å². The van der Waals surface area contributed by atoms with Gasteiger partial charge < -0.3 is 5.32 Å². The predicted octanol–water partition coefficient (Wildman–Crippen LogP) is 3.49. The summed E-state index contributed by atoms with van der Waals surface area (Å²) in [5, 5.41) is 5.47. The van der Waals surface area contributed by atoms with E-state index in [9.17, 15) is 0 Å². The van der Waals surface area contributed by atoms with Crippen LogP contribution in [0.15, 0.2) is 36.0 Å². The normalized spacial score (nSPS) is 12.3. The maximum absolute atomic E-state index is 4.19. The Labute approximate surface area is 99.6 Å². The van der Waals surface area contributed by atoms with Gasteiger partial charge in [-0.15, -0.1) is 11.3 Å². The summed E-state index contributed by atoms with van der Waals surface area (Å²) < 4.78 is 0. The first-order chi connectivity index (χ1) is 7.90. The lowest BCUT2D eigenvalue weighted by molar-refractivity contribution is 0.681. The number of hydrogen-bond acceptors (Lipinski definition) is 4. The van der Waals surface area contributed by atoms with Crippen molar-refractivity contribution in [3.05, 3.63) is 40.8 Å². The average Bonchev–Trinajstić information content (AvgIpc) is 2.83. The van der Waals surface area contributed by atoms with Crippen molar-refractivity contribution in [2.45, 2.75) is 25.8 Å². The second-order valence-electron chi connectivity index (χ2n) is 3.57. The molecule has 0 radical (unpaired) electrons. The summed E-state index contributed by atoms with van der Waals surface area (Å²) in [6.45, 7) is 2.19. The molecule has 0 fully saturated rings. The maximum Gasteiger partial charge on any atom is 0.223 e. The lowest BCUT2D eigenvalue weighted by atomic mass is 10.1. The molecule has 2 aromatic heterocycles. The molecule has 1 N–H and O–H groups in total. The molecule has 1 atom stereocenters. The molecular weight excluding hydrogens is 218 g/mol. The number of nitrogens with zero attached hydrogens (tertiary/aromatic N) is 2. The summed E-state index contributed by atoms with van der Waals surface area (Å²) in [5.41, 5.74) is 0. The van der Waals surface area contributed by atoms with Crippen LogP contribution in [0.2, 0.25) is 0 Å². The first-order valence-electron chi connectivity index (χ1n) is 5.47. The summed E-state index contributed by atoms with van der Waals surface area (Å²) in [4.78, 5) is 9.73. The third-order valence-electron chi connectivity index (χ3n) is 2.33. The molecule has 0 aromatic carbocycles. The van der Waals surface area contributed by atoms with Gasteiger partial charge in [-0.3, -0.25) is 0 Å². The zero-order valence-corrected chi connectivity index (χ0v) is 10.1. The molecule has 3 nitrogen and oxygen atoms in total. The van der Waals surface area contributed by atoms with Gasteiger partial charge in [0.05, 0.1) is 6.04 Å². The second-order valence-corrected chi connectivity index (χ2v) is 4.55. The van der Waals surface area contributed by atoms with Crippen molar-refractivity contribution in [3.8, 4) is 0 Å². The topological polar surface area (TPSA) is 37.8 Å². The zero-order chi connectivity index (χ0) is 11.2. The fraction of sp³-hybridized carbons (Fsp3) is 0.333. The third kappa shape index (κ3) is 2.79. The lowest BCUT2D eigenvalue weighted by Gasteiger charge is -2.16. The Hall–Kier alpha value is -1.42. The second kappa shape index (κ2) is 5.61. The van der Waals surface area contributed by atoms with Crippen LogP contribution in [0.3, 0.4) is 0 Å². The predicted molar refractivity (Wildman–Crippen MR) is 67.6 cm³/mol. The van der Waals surface area contributed by atoms with Gasteiger partial charge in [-0.1, -0.05) is 19.4 Å². The number of anilines is 1. The summed E-state index contributed by atoms with van der Waals surface area (Å²) in [7, 11) is 0. The van der Waals surface area contributed by atoms with E-state index in [1.54, 1.807) is 23.7 Å². The van der Waals surface area contributed by atoms with E-state index in [2.05, 4.69) is 39.7 Å². The van der Waals surface area contributed by atoms with Gasteiger partial charge in [0, 0.05) is 17.3 Å². The van der Waals surface area contributed by atoms with Crippen LogP contribution in [-0.4, -0.2) is 9.97 Å². The lowest BCUT2D eigenvalue weighted by Crippen LogP contribution is -2.11. The highest BCUT2D eigenvalue weighted by Gasteiger charge is 2.12. The van der Waals surface area contributed by atoms with Gasteiger partial charge in [0.1, 0.15) is 0 Å². The third-order valence-corrected chi connectivity index (χ3v) is 3.32. The van der Waals surface area contributed by atoms with E-state index in [0.717, 1.165) is 12.8 Å². The number of rotatable bonds is 5. The molecule has 0 amide bonds. The van der Waals surface area contributed by atoms with Crippen molar-refractivity contribution < 1.29 is 0 Å². The molecule has 84 valence electrons. The number of hydrogen-bond donors (Lipinski definition) is 1. The van der Waals surface area contributed by atoms with Crippen molar-refractivity contribution in [1.82, 2.24) is 9.97 Å². The van der Waals surface area contributed by atoms with E-state index < -0.39 is 0 Å². The first-order valence-corrected chi connectivity index (χ1v) is 6.35. The SMILES string of the molecule is CCCC(Nc1ncccn1)c1cccs1. The molecule has 1 unspecified atom stereocenters. The standard InChI is InChI=1S/C12H15N3S/c1-2-5-10(11-6-3-9-16-11)15-12-13-7-4-8-14-12/h3-4,6-10H,2,5H2,1H3,(H,13,14,15). The minimum absolute atomic E-state index is 0.326. The summed E-state index contributed by atoms with van der Waals surface area (Å²) in [6.07, 6.45) is 5.75. The minimum atomic E-state index is 0.326. The first kappa shape index (κ1) is 11.1. The van der Waals surface area contributed by atoms with Crippen molar-refractivity contribution >= 4 is 17.3 Å². The molecule has 0 aliphatic carbocycles. The Morgan fingerprint density at radius 3 is 2.75 bits per heavy atom. The van der Waals surface area contributed by atoms with E-state index in [1.807, 2.05) is 6.07 Å². The molecule has 2 aromatic rings. The largest absolute Gasteiger partial charge is 0.347 e. The fourth-order valence-corrected chi connectivity index (χ4v) is 2.41. The molecule has 2 heterocycles. The van der Waals surface area contributed by atoms with Gasteiger partial charge in [0.2, 0.25) is 5.95 Å². The average molecular weight is 233 g/mol. The molecule has 0 spiro atoms. The van der Waals surface area contributed by atoms with Crippen LogP contribution in [0.25, 0.3) is 0 Å². The van der Waals surface area contributed by atoms with Crippen molar-refractivity contribution in [1.29, 1.82) is 0 Å². The van der Waals surface area contributed by atoms with Crippen LogP contribution in [-0.2, 0) is 0 Å². The van der Waals surface area contributed by atoms with Crippen LogP contribution < -0.4 is 5.32 Å². The van der Waals surface area contributed by atoms with Crippen LogP contribution in [0.4, 0.5) is 5.95 Å². The van der Waals surface area contributed by atoms with Gasteiger partial charge in [-0.25, -0.2) is 9.97 Å².